The van der Waals surface area contributed by atoms with Crippen molar-refractivity contribution >= 4 is 0 Å². The fourth-order valence-corrected chi connectivity index (χ4v) is 3.36. The van der Waals surface area contributed by atoms with Gasteiger partial charge in [-0.05, 0) is 30.5 Å². The van der Waals surface area contributed by atoms with E-state index in [2.05, 4.69) is 21.9 Å². The molecule has 2 aliphatic rings. The first-order valence-electron chi connectivity index (χ1n) is 7.85. The van der Waals surface area contributed by atoms with Gasteiger partial charge in [0, 0.05) is 32.7 Å². The maximum atomic E-state index is 9.17. The molecule has 0 aliphatic carbocycles. The zero-order valence-corrected chi connectivity index (χ0v) is 12.5. The third-order valence-corrected chi connectivity index (χ3v) is 4.52. The lowest BCUT2D eigenvalue weighted by molar-refractivity contribution is 0.0311. The minimum atomic E-state index is 0.761. The Morgan fingerprint density at radius 1 is 1.14 bits per heavy atom. The number of morpholine rings is 1. The molecule has 4 nitrogen and oxygen atoms in total. The molecule has 0 amide bonds. The third-order valence-electron chi connectivity index (χ3n) is 4.52. The maximum absolute atomic E-state index is 9.17. The Morgan fingerprint density at radius 3 is 2.76 bits per heavy atom. The molecule has 4 heteroatoms. The second-order valence-corrected chi connectivity index (χ2v) is 6.07. The van der Waals surface area contributed by atoms with Crippen LogP contribution in [0.3, 0.4) is 0 Å². The first-order valence-corrected chi connectivity index (χ1v) is 7.85. The zero-order chi connectivity index (χ0) is 14.5. The Morgan fingerprint density at radius 2 is 1.95 bits per heavy atom. The lowest BCUT2D eigenvalue weighted by atomic mass is 10.1. The topological polar surface area (TPSA) is 39.5 Å². The third kappa shape index (κ3) is 3.82. The summed E-state index contributed by atoms with van der Waals surface area (Å²) in [6, 6.07) is 10.3. The highest BCUT2D eigenvalue weighted by Gasteiger charge is 2.25. The zero-order valence-electron chi connectivity index (χ0n) is 12.5. The molecule has 0 bridgehead atoms. The van der Waals surface area contributed by atoms with Gasteiger partial charge in [0.15, 0.2) is 0 Å². The van der Waals surface area contributed by atoms with E-state index >= 15 is 0 Å². The fraction of sp³-hybridized carbons (Fsp3) is 0.588. The predicted octanol–water partition coefficient (Wildman–Crippen LogP) is 1.71. The number of ether oxygens (including phenoxy) is 1. The van der Waals surface area contributed by atoms with E-state index in [4.69, 9.17) is 4.74 Å². The molecule has 3 rings (SSSR count). The summed E-state index contributed by atoms with van der Waals surface area (Å²) in [4.78, 5) is 5.02. The van der Waals surface area contributed by atoms with Gasteiger partial charge in [0.25, 0.3) is 0 Å². The van der Waals surface area contributed by atoms with E-state index in [1.807, 2.05) is 18.2 Å². The Kier molecular flexibility index (Phi) is 4.87. The Labute approximate surface area is 126 Å². The number of hydrogen-bond donors (Lipinski definition) is 0. The number of benzene rings is 1. The highest BCUT2D eigenvalue weighted by Crippen LogP contribution is 2.21. The molecule has 2 fully saturated rings. The van der Waals surface area contributed by atoms with Gasteiger partial charge in [-0.1, -0.05) is 18.2 Å². The minimum Gasteiger partial charge on any atom is -0.379 e. The van der Waals surface area contributed by atoms with Crippen molar-refractivity contribution < 1.29 is 4.74 Å². The van der Waals surface area contributed by atoms with Gasteiger partial charge in [0.2, 0.25) is 0 Å². The summed E-state index contributed by atoms with van der Waals surface area (Å²) in [5.74, 6) is 0.761. The van der Waals surface area contributed by atoms with Crippen LogP contribution in [0.15, 0.2) is 24.3 Å². The monoisotopic (exact) mass is 285 g/mol. The van der Waals surface area contributed by atoms with Crippen molar-refractivity contribution in [2.75, 3.05) is 45.9 Å². The number of likely N-dealkylation sites (tertiary alicyclic amines) is 1. The van der Waals surface area contributed by atoms with Crippen LogP contribution >= 0.6 is 0 Å². The number of nitrogens with zero attached hydrogens (tertiary/aromatic N) is 3. The van der Waals surface area contributed by atoms with Crippen LogP contribution in [0.4, 0.5) is 0 Å². The smallest absolute Gasteiger partial charge is 0.0995 e. The van der Waals surface area contributed by atoms with Crippen molar-refractivity contribution in [3.8, 4) is 6.07 Å². The molecular weight excluding hydrogens is 262 g/mol. The summed E-state index contributed by atoms with van der Waals surface area (Å²) in [6.07, 6.45) is 1.27. The molecule has 1 aromatic rings. The summed E-state index contributed by atoms with van der Waals surface area (Å²) in [5, 5.41) is 9.17. The minimum absolute atomic E-state index is 0.761. The van der Waals surface area contributed by atoms with Crippen molar-refractivity contribution in [1.82, 2.24) is 9.80 Å². The van der Waals surface area contributed by atoms with Gasteiger partial charge in [0.05, 0.1) is 24.8 Å². The van der Waals surface area contributed by atoms with E-state index in [-0.39, 0.29) is 0 Å². The van der Waals surface area contributed by atoms with E-state index in [1.165, 1.54) is 13.0 Å². The molecule has 2 saturated heterocycles. The molecule has 1 aromatic carbocycles. The van der Waals surface area contributed by atoms with Crippen molar-refractivity contribution in [3.05, 3.63) is 35.4 Å². The van der Waals surface area contributed by atoms with Gasteiger partial charge in [-0.15, -0.1) is 0 Å². The molecule has 0 radical (unpaired) electrons. The molecule has 1 atom stereocenters. The van der Waals surface area contributed by atoms with Crippen LogP contribution in [0.1, 0.15) is 17.5 Å². The molecule has 0 unspecified atom stereocenters. The van der Waals surface area contributed by atoms with Crippen molar-refractivity contribution in [2.24, 2.45) is 5.92 Å². The van der Waals surface area contributed by atoms with Gasteiger partial charge >= 0.3 is 0 Å². The Hall–Kier alpha value is -1.41. The maximum Gasteiger partial charge on any atom is 0.0995 e. The molecule has 21 heavy (non-hydrogen) atoms. The van der Waals surface area contributed by atoms with Gasteiger partial charge in [-0.25, -0.2) is 0 Å². The fourth-order valence-electron chi connectivity index (χ4n) is 3.36. The van der Waals surface area contributed by atoms with E-state index in [9.17, 15) is 5.26 Å². The van der Waals surface area contributed by atoms with Gasteiger partial charge in [-0.2, -0.15) is 5.26 Å². The SMILES string of the molecule is N#Cc1ccccc1CN1CC[C@H](CN2CCOCC2)C1. The molecule has 0 saturated carbocycles. The predicted molar refractivity (Wildman–Crippen MR) is 81.8 cm³/mol. The molecule has 0 aromatic heterocycles. The summed E-state index contributed by atoms with van der Waals surface area (Å²) < 4.78 is 5.41. The number of nitriles is 1. The van der Waals surface area contributed by atoms with E-state index in [0.717, 1.165) is 63.0 Å². The lowest BCUT2D eigenvalue weighted by Crippen LogP contribution is -2.39. The molecule has 0 N–H and O–H groups in total. The van der Waals surface area contributed by atoms with Gasteiger partial charge in [-0.3, -0.25) is 9.80 Å². The van der Waals surface area contributed by atoms with Crippen molar-refractivity contribution in [2.45, 2.75) is 13.0 Å². The van der Waals surface area contributed by atoms with Crippen LogP contribution in [0.2, 0.25) is 0 Å². The Bertz CT molecular complexity index is 505. The van der Waals surface area contributed by atoms with Gasteiger partial charge in [0.1, 0.15) is 0 Å². The van der Waals surface area contributed by atoms with E-state index in [0.29, 0.717) is 0 Å². The average molecular weight is 285 g/mol. The molecule has 2 aliphatic heterocycles. The van der Waals surface area contributed by atoms with Crippen LogP contribution in [0, 0.1) is 17.2 Å². The average Bonchev–Trinajstić information content (AvgIpc) is 2.96. The number of hydrogen-bond acceptors (Lipinski definition) is 4. The van der Waals surface area contributed by atoms with Crippen LogP contribution in [0.5, 0.6) is 0 Å². The first kappa shape index (κ1) is 14.5. The Balaban J connectivity index is 1.51. The van der Waals surface area contributed by atoms with Crippen LogP contribution in [-0.2, 0) is 11.3 Å². The van der Waals surface area contributed by atoms with Crippen LogP contribution in [0.25, 0.3) is 0 Å². The van der Waals surface area contributed by atoms with Crippen molar-refractivity contribution in [1.29, 1.82) is 5.26 Å². The van der Waals surface area contributed by atoms with E-state index < -0.39 is 0 Å². The first-order chi connectivity index (χ1) is 10.3. The number of rotatable bonds is 4. The highest BCUT2D eigenvalue weighted by molar-refractivity contribution is 5.37. The summed E-state index contributed by atoms with van der Waals surface area (Å²) in [7, 11) is 0. The van der Waals surface area contributed by atoms with Crippen LogP contribution in [-0.4, -0.2) is 55.7 Å². The quantitative estimate of drug-likeness (QED) is 0.844. The lowest BCUT2D eigenvalue weighted by Gasteiger charge is -2.29. The van der Waals surface area contributed by atoms with Gasteiger partial charge < -0.3 is 4.74 Å². The second-order valence-electron chi connectivity index (χ2n) is 6.07. The largest absolute Gasteiger partial charge is 0.379 e. The standard InChI is InChI=1S/C17H23N3O/c18-11-16-3-1-2-4-17(16)14-20-6-5-15(13-20)12-19-7-9-21-10-8-19/h1-4,15H,5-10,12-14H2/t15-/m1/s1. The van der Waals surface area contributed by atoms with Crippen molar-refractivity contribution in [3.63, 3.8) is 0 Å². The summed E-state index contributed by atoms with van der Waals surface area (Å²) >= 11 is 0. The molecule has 112 valence electrons. The molecular formula is C17H23N3O. The molecule has 0 spiro atoms. The highest BCUT2D eigenvalue weighted by atomic mass is 16.5. The summed E-state index contributed by atoms with van der Waals surface area (Å²) in [6.45, 7) is 8.31. The van der Waals surface area contributed by atoms with Crippen LogP contribution < -0.4 is 0 Å². The van der Waals surface area contributed by atoms with E-state index in [1.54, 1.807) is 0 Å². The normalized spacial score (nSPS) is 24.0. The summed E-state index contributed by atoms with van der Waals surface area (Å²) in [5.41, 5.74) is 1.97. The molecule has 2 heterocycles. The second kappa shape index (κ2) is 7.04.